The number of aromatic nitrogens is 2. The lowest BCUT2D eigenvalue weighted by molar-refractivity contribution is 0.0691. The summed E-state index contributed by atoms with van der Waals surface area (Å²) in [5, 5.41) is 18.2. The predicted molar refractivity (Wildman–Crippen MR) is 71.8 cm³/mol. The van der Waals surface area contributed by atoms with Crippen LogP contribution < -0.4 is 10.6 Å². The number of carboxylic acid groups (broad SMARTS) is 1. The first-order valence-electron chi connectivity index (χ1n) is 5.22. The molecule has 0 bridgehead atoms. The molecule has 0 saturated carbocycles. The number of carbonyl (C=O) groups is 2. The Morgan fingerprint density at radius 3 is 2.79 bits per heavy atom. The number of urea groups is 1. The summed E-state index contributed by atoms with van der Waals surface area (Å²) in [5.41, 5.74) is -0.0195. The van der Waals surface area contributed by atoms with Crippen molar-refractivity contribution in [2.24, 2.45) is 0 Å². The quantitative estimate of drug-likeness (QED) is 0.802. The van der Waals surface area contributed by atoms with Gasteiger partial charge in [-0.1, -0.05) is 0 Å². The van der Waals surface area contributed by atoms with Gasteiger partial charge in [-0.2, -0.15) is 0 Å². The van der Waals surface area contributed by atoms with Crippen LogP contribution >= 0.6 is 22.7 Å². The van der Waals surface area contributed by atoms with Gasteiger partial charge in [-0.25, -0.2) is 19.6 Å². The molecule has 3 N–H and O–H groups in total. The van der Waals surface area contributed by atoms with Crippen LogP contribution in [0.4, 0.5) is 9.93 Å². The smallest absolute Gasteiger partial charge is 0.355 e. The summed E-state index contributed by atoms with van der Waals surface area (Å²) >= 11 is 2.50. The number of rotatable bonds is 4. The minimum Gasteiger partial charge on any atom is -0.476 e. The summed E-state index contributed by atoms with van der Waals surface area (Å²) in [6.07, 6.45) is 1.59. The van der Waals surface area contributed by atoms with Crippen molar-refractivity contribution in [3.8, 4) is 0 Å². The third-order valence-corrected chi connectivity index (χ3v) is 3.83. The Bertz CT molecular complexity index is 581. The fourth-order valence-electron chi connectivity index (χ4n) is 1.26. The number of amides is 2. The molecule has 0 radical (unpaired) electrons. The number of anilines is 1. The van der Waals surface area contributed by atoms with E-state index in [1.165, 1.54) is 28.1 Å². The number of nitrogens with zero attached hydrogens (tertiary/aromatic N) is 2. The van der Waals surface area contributed by atoms with Crippen LogP contribution in [-0.4, -0.2) is 27.1 Å². The number of aromatic carboxylic acids is 1. The van der Waals surface area contributed by atoms with Gasteiger partial charge in [0.1, 0.15) is 5.01 Å². The van der Waals surface area contributed by atoms with Crippen molar-refractivity contribution in [3.05, 3.63) is 27.7 Å². The molecule has 19 heavy (non-hydrogen) atoms. The Kier molecular flexibility index (Phi) is 4.07. The summed E-state index contributed by atoms with van der Waals surface area (Å²) in [4.78, 5) is 30.2. The molecule has 2 heterocycles. The Balaban J connectivity index is 1.94. The van der Waals surface area contributed by atoms with E-state index in [1.54, 1.807) is 18.5 Å². The first kappa shape index (κ1) is 13.4. The Labute approximate surface area is 116 Å². The van der Waals surface area contributed by atoms with Gasteiger partial charge in [-0.3, -0.25) is 5.32 Å². The molecule has 0 spiro atoms. The van der Waals surface area contributed by atoms with Gasteiger partial charge in [0.15, 0.2) is 10.8 Å². The number of hydrogen-bond donors (Lipinski definition) is 3. The van der Waals surface area contributed by atoms with E-state index in [0.717, 1.165) is 0 Å². The molecule has 0 aliphatic rings. The number of carboxylic acids is 1. The Morgan fingerprint density at radius 2 is 2.21 bits per heavy atom. The van der Waals surface area contributed by atoms with Gasteiger partial charge < -0.3 is 10.4 Å². The first-order valence-corrected chi connectivity index (χ1v) is 6.98. The van der Waals surface area contributed by atoms with Crippen molar-refractivity contribution < 1.29 is 14.7 Å². The SMILES string of the molecule is CC(NC(=O)Nc1nccs1)c1nc(C(=O)O)cs1. The molecule has 0 aliphatic heterocycles. The Hall–Kier alpha value is -2.00. The molecular formula is C10H10N4O3S2. The van der Waals surface area contributed by atoms with Crippen LogP contribution in [0.25, 0.3) is 0 Å². The normalized spacial score (nSPS) is 11.8. The molecule has 2 aromatic rings. The number of carbonyl (C=O) groups excluding carboxylic acids is 1. The largest absolute Gasteiger partial charge is 0.476 e. The van der Waals surface area contributed by atoms with E-state index in [0.29, 0.717) is 10.1 Å². The van der Waals surface area contributed by atoms with E-state index in [-0.39, 0.29) is 11.7 Å². The first-order chi connectivity index (χ1) is 9.06. The summed E-state index contributed by atoms with van der Waals surface area (Å²) in [7, 11) is 0. The highest BCUT2D eigenvalue weighted by Gasteiger charge is 2.16. The van der Waals surface area contributed by atoms with Crippen LogP contribution in [-0.2, 0) is 0 Å². The zero-order chi connectivity index (χ0) is 13.8. The van der Waals surface area contributed by atoms with Gasteiger partial charge in [0, 0.05) is 17.0 Å². The highest BCUT2D eigenvalue weighted by molar-refractivity contribution is 7.13. The lowest BCUT2D eigenvalue weighted by Gasteiger charge is -2.10. The second kappa shape index (κ2) is 5.76. The topological polar surface area (TPSA) is 104 Å². The van der Waals surface area contributed by atoms with E-state index in [1.807, 2.05) is 0 Å². The van der Waals surface area contributed by atoms with Crippen molar-refractivity contribution >= 4 is 39.8 Å². The van der Waals surface area contributed by atoms with Gasteiger partial charge in [0.2, 0.25) is 0 Å². The van der Waals surface area contributed by atoms with Gasteiger partial charge in [0.05, 0.1) is 6.04 Å². The molecule has 100 valence electrons. The van der Waals surface area contributed by atoms with Gasteiger partial charge >= 0.3 is 12.0 Å². The number of nitrogens with one attached hydrogen (secondary N) is 2. The van der Waals surface area contributed by atoms with Crippen LogP contribution in [0.1, 0.15) is 28.5 Å². The highest BCUT2D eigenvalue weighted by atomic mass is 32.1. The molecule has 0 aliphatic carbocycles. The molecule has 0 saturated heterocycles. The second-order valence-electron chi connectivity index (χ2n) is 3.53. The second-order valence-corrected chi connectivity index (χ2v) is 5.32. The maximum absolute atomic E-state index is 11.6. The van der Waals surface area contributed by atoms with E-state index < -0.39 is 12.0 Å². The van der Waals surface area contributed by atoms with Crippen LogP contribution in [0.2, 0.25) is 0 Å². The van der Waals surface area contributed by atoms with Gasteiger partial charge in [-0.05, 0) is 6.92 Å². The summed E-state index contributed by atoms with van der Waals surface area (Å²) in [5.74, 6) is -1.08. The minimum absolute atomic E-state index is 0.0195. The van der Waals surface area contributed by atoms with Crippen LogP contribution in [0.3, 0.4) is 0 Å². The lowest BCUT2D eigenvalue weighted by atomic mass is 10.3. The third kappa shape index (κ3) is 3.48. The number of hydrogen-bond acceptors (Lipinski definition) is 6. The van der Waals surface area contributed by atoms with Gasteiger partial charge in [0.25, 0.3) is 0 Å². The lowest BCUT2D eigenvalue weighted by Crippen LogP contribution is -2.31. The van der Waals surface area contributed by atoms with Crippen molar-refractivity contribution in [3.63, 3.8) is 0 Å². The van der Waals surface area contributed by atoms with E-state index in [9.17, 15) is 9.59 Å². The molecule has 1 atom stereocenters. The van der Waals surface area contributed by atoms with Crippen molar-refractivity contribution in [2.45, 2.75) is 13.0 Å². The molecule has 9 heteroatoms. The maximum Gasteiger partial charge on any atom is 0.355 e. The molecule has 0 fully saturated rings. The molecule has 0 aromatic carbocycles. The van der Waals surface area contributed by atoms with E-state index in [2.05, 4.69) is 20.6 Å². The molecule has 2 amide bonds. The highest BCUT2D eigenvalue weighted by Crippen LogP contribution is 2.18. The average Bonchev–Trinajstić information content (AvgIpc) is 2.98. The summed E-state index contributed by atoms with van der Waals surface area (Å²) in [6.45, 7) is 1.73. The Morgan fingerprint density at radius 1 is 1.42 bits per heavy atom. The third-order valence-electron chi connectivity index (χ3n) is 2.11. The monoisotopic (exact) mass is 298 g/mol. The van der Waals surface area contributed by atoms with Crippen molar-refractivity contribution in [1.29, 1.82) is 0 Å². The van der Waals surface area contributed by atoms with Crippen LogP contribution in [0.5, 0.6) is 0 Å². The van der Waals surface area contributed by atoms with E-state index in [4.69, 9.17) is 5.11 Å². The molecule has 2 rings (SSSR count). The summed E-state index contributed by atoms with van der Waals surface area (Å²) in [6, 6.07) is -0.785. The predicted octanol–water partition coefficient (Wildman–Crippen LogP) is 2.18. The average molecular weight is 298 g/mol. The van der Waals surface area contributed by atoms with Crippen molar-refractivity contribution in [2.75, 3.05) is 5.32 Å². The van der Waals surface area contributed by atoms with Crippen LogP contribution in [0, 0.1) is 0 Å². The fraction of sp³-hybridized carbons (Fsp3) is 0.200. The number of thiazole rings is 2. The molecule has 1 unspecified atom stereocenters. The summed E-state index contributed by atoms with van der Waals surface area (Å²) < 4.78 is 0. The molecule has 7 nitrogen and oxygen atoms in total. The zero-order valence-electron chi connectivity index (χ0n) is 9.78. The standard InChI is InChI=1S/C10H10N4O3S2/c1-5(7-13-6(4-19-7)8(15)16)12-9(17)14-10-11-2-3-18-10/h2-5H,1H3,(H,15,16)(H2,11,12,14,17). The maximum atomic E-state index is 11.6. The fourth-order valence-corrected chi connectivity index (χ4v) is 2.59. The molecule has 2 aromatic heterocycles. The molecular weight excluding hydrogens is 288 g/mol. The zero-order valence-corrected chi connectivity index (χ0v) is 11.4. The van der Waals surface area contributed by atoms with E-state index >= 15 is 0 Å². The minimum atomic E-state index is -1.08. The van der Waals surface area contributed by atoms with Crippen molar-refractivity contribution in [1.82, 2.24) is 15.3 Å². The van der Waals surface area contributed by atoms with Gasteiger partial charge in [-0.15, -0.1) is 22.7 Å². The van der Waals surface area contributed by atoms with Crippen LogP contribution in [0.15, 0.2) is 17.0 Å².